The van der Waals surface area contributed by atoms with Crippen LogP contribution in [0, 0.1) is 17.0 Å². The van der Waals surface area contributed by atoms with Crippen molar-refractivity contribution in [3.8, 4) is 0 Å². The second-order valence-corrected chi connectivity index (χ2v) is 9.74. The number of non-ortho nitro benzene ring substituents is 1. The minimum atomic E-state index is -3.50. The minimum Gasteiger partial charge on any atom is -0.340 e. The lowest BCUT2D eigenvalue weighted by Crippen LogP contribution is -2.44. The third-order valence-electron chi connectivity index (χ3n) is 4.35. The van der Waals surface area contributed by atoms with Gasteiger partial charge in [-0.05, 0) is 49.1 Å². The van der Waals surface area contributed by atoms with Crippen molar-refractivity contribution in [2.75, 3.05) is 28.3 Å². The number of sulfonamides is 1. The zero-order valence-corrected chi connectivity index (χ0v) is 19.4. The summed E-state index contributed by atoms with van der Waals surface area (Å²) in [6.07, 6.45) is 3.22. The normalized spacial score (nSPS) is 12.0. The van der Waals surface area contributed by atoms with Gasteiger partial charge in [0.1, 0.15) is 6.04 Å². The van der Waals surface area contributed by atoms with Gasteiger partial charge in [-0.1, -0.05) is 12.1 Å². The maximum atomic E-state index is 12.9. The number of nitrogens with zero attached hydrogens (tertiary/aromatic N) is 1. The van der Waals surface area contributed by atoms with E-state index >= 15 is 0 Å². The second-order valence-electron chi connectivity index (χ2n) is 7.01. The number of anilines is 2. The molecule has 0 radical (unpaired) electrons. The SMILES string of the molecule is CSCCC(NC(=O)c1cccc([N+](=O)[O-])c1)C(=O)Nc1ccc(C)c(NS(C)(=O)=O)c1. The Morgan fingerprint density at radius 2 is 1.91 bits per heavy atom. The Balaban J connectivity index is 2.19. The lowest BCUT2D eigenvalue weighted by atomic mass is 10.1. The average Bonchev–Trinajstić information content (AvgIpc) is 2.72. The first-order valence-corrected chi connectivity index (χ1v) is 12.7. The first kappa shape index (κ1) is 25.1. The van der Waals surface area contributed by atoms with Crippen molar-refractivity contribution in [2.45, 2.75) is 19.4 Å². The van der Waals surface area contributed by atoms with Gasteiger partial charge in [-0.15, -0.1) is 0 Å². The lowest BCUT2D eigenvalue weighted by molar-refractivity contribution is -0.384. The van der Waals surface area contributed by atoms with Crippen LogP contribution in [0.1, 0.15) is 22.3 Å². The summed E-state index contributed by atoms with van der Waals surface area (Å²) in [5.41, 5.74) is 1.19. The van der Waals surface area contributed by atoms with Gasteiger partial charge in [-0.3, -0.25) is 24.4 Å². The number of nitrogens with one attached hydrogen (secondary N) is 3. The van der Waals surface area contributed by atoms with Gasteiger partial charge < -0.3 is 10.6 Å². The molecule has 2 amide bonds. The van der Waals surface area contributed by atoms with Crippen molar-refractivity contribution in [1.29, 1.82) is 0 Å². The molecule has 0 bridgehead atoms. The van der Waals surface area contributed by atoms with E-state index in [1.807, 2.05) is 6.26 Å². The Hall–Kier alpha value is -3.12. The van der Waals surface area contributed by atoms with Crippen LogP contribution in [0.3, 0.4) is 0 Å². The predicted molar refractivity (Wildman–Crippen MR) is 126 cm³/mol. The average molecular weight is 481 g/mol. The van der Waals surface area contributed by atoms with Gasteiger partial charge in [0.2, 0.25) is 15.9 Å². The fourth-order valence-corrected chi connectivity index (χ4v) is 3.84. The van der Waals surface area contributed by atoms with Gasteiger partial charge >= 0.3 is 0 Å². The number of hydrogen-bond acceptors (Lipinski definition) is 7. The molecule has 1 unspecified atom stereocenters. The van der Waals surface area contributed by atoms with E-state index in [2.05, 4.69) is 15.4 Å². The molecule has 2 rings (SSSR count). The fraction of sp³-hybridized carbons (Fsp3) is 0.300. The summed E-state index contributed by atoms with van der Waals surface area (Å²) in [6.45, 7) is 1.72. The number of carbonyl (C=O) groups is 2. The molecule has 2 aromatic rings. The molecule has 0 aliphatic rings. The molecule has 172 valence electrons. The third kappa shape index (κ3) is 7.54. The maximum Gasteiger partial charge on any atom is 0.270 e. The second kappa shape index (κ2) is 11.0. The highest BCUT2D eigenvalue weighted by molar-refractivity contribution is 7.98. The molecule has 12 heteroatoms. The van der Waals surface area contributed by atoms with Crippen LogP contribution in [0.4, 0.5) is 17.1 Å². The van der Waals surface area contributed by atoms with Crippen LogP contribution in [0.25, 0.3) is 0 Å². The number of thioether (sulfide) groups is 1. The molecule has 0 aliphatic heterocycles. The molecule has 0 spiro atoms. The largest absolute Gasteiger partial charge is 0.340 e. The van der Waals surface area contributed by atoms with E-state index < -0.39 is 32.8 Å². The third-order valence-corrected chi connectivity index (χ3v) is 5.59. The van der Waals surface area contributed by atoms with Gasteiger partial charge in [0.25, 0.3) is 11.6 Å². The summed E-state index contributed by atoms with van der Waals surface area (Å²) in [5, 5.41) is 16.3. The topological polar surface area (TPSA) is 148 Å². The van der Waals surface area contributed by atoms with Crippen molar-refractivity contribution >= 4 is 50.7 Å². The van der Waals surface area contributed by atoms with Crippen LogP contribution in [-0.4, -0.2) is 49.5 Å². The summed E-state index contributed by atoms with van der Waals surface area (Å²) in [6, 6.07) is 9.10. The Morgan fingerprint density at radius 1 is 1.19 bits per heavy atom. The molecule has 1 atom stereocenters. The number of amides is 2. The standard InChI is InChI=1S/C20H24N4O6S2/c1-13-7-8-15(12-18(13)23-32(3,29)30)21-20(26)17(9-10-31-2)22-19(25)14-5-4-6-16(11-14)24(27)28/h4-8,11-12,17,23H,9-10H2,1-3H3,(H,21,26)(H,22,25). The highest BCUT2D eigenvalue weighted by Crippen LogP contribution is 2.22. The van der Waals surface area contributed by atoms with Crippen LogP contribution in [0.5, 0.6) is 0 Å². The van der Waals surface area contributed by atoms with Crippen molar-refractivity contribution < 1.29 is 22.9 Å². The molecule has 2 aromatic carbocycles. The van der Waals surface area contributed by atoms with Crippen molar-refractivity contribution in [1.82, 2.24) is 5.32 Å². The number of benzene rings is 2. The van der Waals surface area contributed by atoms with E-state index in [1.54, 1.807) is 19.1 Å². The van der Waals surface area contributed by atoms with Crippen LogP contribution < -0.4 is 15.4 Å². The first-order chi connectivity index (χ1) is 15.0. The number of aryl methyl sites for hydroxylation is 1. The molecule has 0 saturated carbocycles. The molecule has 10 nitrogen and oxygen atoms in total. The minimum absolute atomic E-state index is 0.0659. The van der Waals surface area contributed by atoms with Gasteiger partial charge in [-0.2, -0.15) is 11.8 Å². The monoisotopic (exact) mass is 480 g/mol. The predicted octanol–water partition coefficient (Wildman–Crippen LogP) is 2.76. The molecular formula is C20H24N4O6S2. The first-order valence-electron chi connectivity index (χ1n) is 9.43. The van der Waals surface area contributed by atoms with E-state index in [-0.39, 0.29) is 11.3 Å². The maximum absolute atomic E-state index is 12.9. The smallest absolute Gasteiger partial charge is 0.270 e. The Bertz CT molecular complexity index is 1120. The van der Waals surface area contributed by atoms with Crippen molar-refractivity contribution in [2.24, 2.45) is 0 Å². The number of nitro groups is 1. The van der Waals surface area contributed by atoms with E-state index in [0.29, 0.717) is 29.1 Å². The van der Waals surface area contributed by atoms with Crippen LogP contribution in [0.15, 0.2) is 42.5 Å². The zero-order valence-electron chi connectivity index (χ0n) is 17.7. The summed E-state index contributed by atoms with van der Waals surface area (Å²) in [4.78, 5) is 35.8. The molecule has 3 N–H and O–H groups in total. The zero-order chi connectivity index (χ0) is 23.9. The molecule has 0 saturated heterocycles. The summed E-state index contributed by atoms with van der Waals surface area (Å²) < 4.78 is 25.5. The molecule has 32 heavy (non-hydrogen) atoms. The molecular weight excluding hydrogens is 456 g/mol. The van der Waals surface area contributed by atoms with Gasteiger partial charge in [0.15, 0.2) is 0 Å². The van der Waals surface area contributed by atoms with Gasteiger partial charge in [0, 0.05) is 23.4 Å². The van der Waals surface area contributed by atoms with Crippen molar-refractivity contribution in [3.05, 3.63) is 63.7 Å². The van der Waals surface area contributed by atoms with E-state index in [0.717, 1.165) is 12.3 Å². The molecule has 0 aliphatic carbocycles. The number of carbonyl (C=O) groups excluding carboxylic acids is 2. The van der Waals surface area contributed by atoms with Crippen molar-refractivity contribution in [3.63, 3.8) is 0 Å². The Morgan fingerprint density at radius 3 is 2.53 bits per heavy atom. The van der Waals surface area contributed by atoms with E-state index in [9.17, 15) is 28.1 Å². The Kier molecular flexibility index (Phi) is 8.61. The highest BCUT2D eigenvalue weighted by atomic mass is 32.2. The quantitative estimate of drug-likeness (QED) is 0.350. The summed E-state index contributed by atoms with van der Waals surface area (Å²) in [7, 11) is -3.50. The van der Waals surface area contributed by atoms with Crippen LogP contribution in [-0.2, 0) is 14.8 Å². The molecule has 0 fully saturated rings. The highest BCUT2D eigenvalue weighted by Gasteiger charge is 2.22. The summed E-state index contributed by atoms with van der Waals surface area (Å²) in [5.74, 6) is -0.521. The van der Waals surface area contributed by atoms with Gasteiger partial charge in [-0.25, -0.2) is 8.42 Å². The molecule has 0 aromatic heterocycles. The fourth-order valence-electron chi connectivity index (χ4n) is 2.75. The molecule has 0 heterocycles. The summed E-state index contributed by atoms with van der Waals surface area (Å²) >= 11 is 1.50. The van der Waals surface area contributed by atoms with E-state index in [1.165, 1.54) is 36.0 Å². The van der Waals surface area contributed by atoms with Crippen LogP contribution in [0.2, 0.25) is 0 Å². The number of rotatable bonds is 10. The van der Waals surface area contributed by atoms with Gasteiger partial charge in [0.05, 0.1) is 16.9 Å². The lowest BCUT2D eigenvalue weighted by Gasteiger charge is -2.19. The van der Waals surface area contributed by atoms with E-state index in [4.69, 9.17) is 0 Å². The number of nitro benzene ring substituents is 1. The Labute approximate surface area is 190 Å². The number of hydrogen-bond donors (Lipinski definition) is 3. The van der Waals surface area contributed by atoms with Crippen LogP contribution >= 0.6 is 11.8 Å².